The summed E-state index contributed by atoms with van der Waals surface area (Å²) in [6, 6.07) is 2.42. The second-order valence-corrected chi connectivity index (χ2v) is 5.44. The molecule has 0 bridgehead atoms. The largest absolute Gasteiger partial charge is 0.416 e. The van der Waals surface area contributed by atoms with Crippen LogP contribution in [-0.4, -0.2) is 26.2 Å². The molecule has 0 spiro atoms. The molecule has 4 nitrogen and oxygen atoms in total. The van der Waals surface area contributed by atoms with Gasteiger partial charge in [-0.2, -0.15) is 13.2 Å². The lowest BCUT2D eigenvalue weighted by molar-refractivity contribution is -0.137. The van der Waals surface area contributed by atoms with Gasteiger partial charge in [0.1, 0.15) is 0 Å². The van der Waals surface area contributed by atoms with E-state index in [9.17, 15) is 21.6 Å². The highest BCUT2D eigenvalue weighted by Gasteiger charge is 2.30. The van der Waals surface area contributed by atoms with E-state index in [1.165, 1.54) is 6.92 Å². The van der Waals surface area contributed by atoms with Gasteiger partial charge in [0.05, 0.1) is 17.1 Å². The zero-order valence-corrected chi connectivity index (χ0v) is 10.2. The summed E-state index contributed by atoms with van der Waals surface area (Å²) in [6.07, 6.45) is -4.51. The molecule has 1 rings (SSSR count). The van der Waals surface area contributed by atoms with Crippen LogP contribution in [0.1, 0.15) is 12.5 Å². The van der Waals surface area contributed by atoms with E-state index in [4.69, 9.17) is 5.11 Å². The van der Waals surface area contributed by atoms with Crippen molar-refractivity contribution in [3.05, 3.63) is 29.8 Å². The van der Waals surface area contributed by atoms with Gasteiger partial charge in [-0.25, -0.2) is 13.1 Å². The molecule has 1 aromatic carbocycles. The van der Waals surface area contributed by atoms with Crippen LogP contribution in [0, 0.1) is 0 Å². The van der Waals surface area contributed by atoms with Crippen LogP contribution < -0.4 is 4.72 Å². The normalized spacial score (nSPS) is 14.5. The van der Waals surface area contributed by atoms with Gasteiger partial charge in [-0.15, -0.1) is 0 Å². The van der Waals surface area contributed by atoms with Gasteiger partial charge in [-0.05, 0) is 31.2 Å². The SMILES string of the molecule is C[C@H](CO)NS(=O)(=O)c1ccc(C(F)(F)F)cc1. The number of halogens is 3. The monoisotopic (exact) mass is 283 g/mol. The van der Waals surface area contributed by atoms with Gasteiger partial charge in [0.2, 0.25) is 10.0 Å². The van der Waals surface area contributed by atoms with Gasteiger partial charge in [0.25, 0.3) is 0 Å². The lowest BCUT2D eigenvalue weighted by Gasteiger charge is -2.12. The zero-order valence-electron chi connectivity index (χ0n) is 9.40. The zero-order chi connectivity index (χ0) is 14.0. The fraction of sp³-hybridized carbons (Fsp3) is 0.400. The number of nitrogens with one attached hydrogen (secondary N) is 1. The Hall–Kier alpha value is -1.12. The van der Waals surface area contributed by atoms with E-state index >= 15 is 0 Å². The molecule has 0 saturated heterocycles. The predicted octanol–water partition coefficient (Wildman–Crippen LogP) is 1.36. The van der Waals surface area contributed by atoms with Crippen molar-refractivity contribution in [2.24, 2.45) is 0 Å². The minimum atomic E-state index is -4.51. The van der Waals surface area contributed by atoms with Crippen LogP contribution in [0.5, 0.6) is 0 Å². The summed E-state index contributed by atoms with van der Waals surface area (Å²) in [4.78, 5) is -0.282. The first-order valence-electron chi connectivity index (χ1n) is 4.97. The van der Waals surface area contributed by atoms with Crippen molar-refractivity contribution in [1.82, 2.24) is 4.72 Å². The van der Waals surface area contributed by atoms with E-state index in [0.717, 1.165) is 12.1 Å². The highest BCUT2D eigenvalue weighted by atomic mass is 32.2. The summed E-state index contributed by atoms with van der Waals surface area (Å²) >= 11 is 0. The molecule has 0 saturated carbocycles. The molecule has 102 valence electrons. The Morgan fingerprint density at radius 1 is 1.28 bits per heavy atom. The van der Waals surface area contributed by atoms with Crippen molar-refractivity contribution < 1.29 is 26.7 Å². The topological polar surface area (TPSA) is 66.4 Å². The van der Waals surface area contributed by atoms with E-state index in [0.29, 0.717) is 12.1 Å². The van der Waals surface area contributed by atoms with Crippen LogP contribution in [0.15, 0.2) is 29.2 Å². The second kappa shape index (κ2) is 5.25. The Labute approximate surface area is 102 Å². The number of hydrogen-bond acceptors (Lipinski definition) is 3. The lowest BCUT2D eigenvalue weighted by atomic mass is 10.2. The van der Waals surface area contributed by atoms with E-state index in [1.54, 1.807) is 0 Å². The lowest BCUT2D eigenvalue weighted by Crippen LogP contribution is -2.35. The minimum Gasteiger partial charge on any atom is -0.395 e. The Kier molecular flexibility index (Phi) is 4.36. The average Bonchev–Trinajstić information content (AvgIpc) is 2.27. The number of benzene rings is 1. The molecule has 0 unspecified atom stereocenters. The summed E-state index contributed by atoms with van der Waals surface area (Å²) in [7, 11) is -3.91. The molecule has 2 N–H and O–H groups in total. The van der Waals surface area contributed by atoms with Crippen molar-refractivity contribution in [1.29, 1.82) is 0 Å². The fourth-order valence-corrected chi connectivity index (χ4v) is 2.43. The summed E-state index contributed by atoms with van der Waals surface area (Å²) in [5, 5.41) is 8.72. The van der Waals surface area contributed by atoms with Crippen molar-refractivity contribution in [2.45, 2.75) is 24.0 Å². The minimum absolute atomic E-state index is 0.282. The molecule has 0 aliphatic heterocycles. The predicted molar refractivity (Wildman–Crippen MR) is 58.3 cm³/mol. The van der Waals surface area contributed by atoms with E-state index < -0.39 is 34.4 Å². The van der Waals surface area contributed by atoms with Crippen molar-refractivity contribution >= 4 is 10.0 Å². The Balaban J connectivity index is 2.98. The molecule has 18 heavy (non-hydrogen) atoms. The highest BCUT2D eigenvalue weighted by Crippen LogP contribution is 2.29. The van der Waals surface area contributed by atoms with Crippen LogP contribution in [-0.2, 0) is 16.2 Å². The van der Waals surface area contributed by atoms with Crippen LogP contribution in [0.4, 0.5) is 13.2 Å². The molecule has 0 fully saturated rings. The Morgan fingerprint density at radius 2 is 1.78 bits per heavy atom. The van der Waals surface area contributed by atoms with Crippen LogP contribution in [0.25, 0.3) is 0 Å². The van der Waals surface area contributed by atoms with Crippen LogP contribution in [0.3, 0.4) is 0 Å². The fourth-order valence-electron chi connectivity index (χ4n) is 1.19. The molecule has 0 aliphatic rings. The Morgan fingerprint density at radius 3 is 2.17 bits per heavy atom. The molecule has 0 aliphatic carbocycles. The van der Waals surface area contributed by atoms with Gasteiger partial charge in [-0.3, -0.25) is 0 Å². The third-order valence-corrected chi connectivity index (χ3v) is 3.73. The quantitative estimate of drug-likeness (QED) is 0.877. The molecule has 0 radical (unpaired) electrons. The van der Waals surface area contributed by atoms with Crippen molar-refractivity contribution in [2.75, 3.05) is 6.61 Å². The van der Waals surface area contributed by atoms with Gasteiger partial charge < -0.3 is 5.11 Å². The molecular weight excluding hydrogens is 271 g/mol. The second-order valence-electron chi connectivity index (χ2n) is 3.73. The van der Waals surface area contributed by atoms with Gasteiger partial charge >= 0.3 is 6.18 Å². The third-order valence-electron chi connectivity index (χ3n) is 2.12. The maximum atomic E-state index is 12.3. The van der Waals surface area contributed by atoms with Gasteiger partial charge in [0.15, 0.2) is 0 Å². The molecule has 0 aromatic heterocycles. The molecule has 0 heterocycles. The number of hydrogen-bond donors (Lipinski definition) is 2. The summed E-state index contributed by atoms with van der Waals surface area (Å²) < 4.78 is 62.3. The number of aliphatic hydroxyl groups excluding tert-OH is 1. The third kappa shape index (κ3) is 3.69. The Bertz CT molecular complexity index is 496. The smallest absolute Gasteiger partial charge is 0.395 e. The maximum Gasteiger partial charge on any atom is 0.416 e. The van der Waals surface area contributed by atoms with E-state index in [2.05, 4.69) is 4.72 Å². The van der Waals surface area contributed by atoms with Crippen LogP contribution in [0.2, 0.25) is 0 Å². The average molecular weight is 283 g/mol. The number of sulfonamides is 1. The molecule has 8 heteroatoms. The van der Waals surface area contributed by atoms with Crippen molar-refractivity contribution in [3.63, 3.8) is 0 Å². The van der Waals surface area contributed by atoms with E-state index in [1.807, 2.05) is 0 Å². The van der Waals surface area contributed by atoms with E-state index in [-0.39, 0.29) is 4.90 Å². The maximum absolute atomic E-state index is 12.3. The number of alkyl halides is 3. The first kappa shape index (κ1) is 14.9. The first-order chi connectivity index (χ1) is 8.16. The number of aliphatic hydroxyl groups is 1. The van der Waals surface area contributed by atoms with Crippen LogP contribution >= 0.6 is 0 Å². The standard InChI is InChI=1S/C10H12F3NO3S/c1-7(6-15)14-18(16,17)9-4-2-8(3-5-9)10(11,12)13/h2-5,7,14-15H,6H2,1H3/t7-/m1/s1. The van der Waals surface area contributed by atoms with Gasteiger partial charge in [0, 0.05) is 6.04 Å². The molecular formula is C10H12F3NO3S. The summed E-state index contributed by atoms with van der Waals surface area (Å²) in [5.74, 6) is 0. The van der Waals surface area contributed by atoms with Gasteiger partial charge in [-0.1, -0.05) is 0 Å². The molecule has 1 atom stereocenters. The summed E-state index contributed by atoms with van der Waals surface area (Å²) in [6.45, 7) is 1.03. The number of rotatable bonds is 4. The molecule has 0 amide bonds. The highest BCUT2D eigenvalue weighted by molar-refractivity contribution is 7.89. The molecule has 1 aromatic rings. The first-order valence-corrected chi connectivity index (χ1v) is 6.45. The van der Waals surface area contributed by atoms with Crippen molar-refractivity contribution in [3.8, 4) is 0 Å². The summed E-state index contributed by atoms with van der Waals surface area (Å²) in [5.41, 5.74) is -0.920.